The van der Waals surface area contributed by atoms with Crippen molar-refractivity contribution in [2.45, 2.75) is 41.0 Å². The predicted molar refractivity (Wildman–Crippen MR) is 45.6 cm³/mol. The van der Waals surface area contributed by atoms with Crippen LogP contribution < -0.4 is 0 Å². The summed E-state index contributed by atoms with van der Waals surface area (Å²) in [5, 5.41) is 0. The van der Waals surface area contributed by atoms with Crippen LogP contribution in [-0.2, 0) is 0 Å². The van der Waals surface area contributed by atoms with E-state index in [1.807, 2.05) is 0 Å². The molecule has 0 nitrogen and oxygen atoms in total. The zero-order chi connectivity index (χ0) is 7.99. The molecule has 1 fully saturated rings. The normalized spacial score (nSPS) is 30.9. The largest absolute Gasteiger partial charge is 0.0615 e. The topological polar surface area (TPSA) is 0 Å². The minimum atomic E-state index is 0.462. The molecule has 1 rings (SSSR count). The molecule has 1 unspecified atom stereocenters. The van der Waals surface area contributed by atoms with E-state index < -0.39 is 0 Å². The molecular weight excluding hydrogens is 120 g/mol. The molecule has 0 aromatic rings. The summed E-state index contributed by atoms with van der Waals surface area (Å²) < 4.78 is 0. The monoisotopic (exact) mass is 139 g/mol. The molecular formula is C10H19. The van der Waals surface area contributed by atoms with Gasteiger partial charge in [-0.1, -0.05) is 34.6 Å². The van der Waals surface area contributed by atoms with Crippen molar-refractivity contribution in [3.05, 3.63) is 6.42 Å². The van der Waals surface area contributed by atoms with Crippen LogP contribution in [0.25, 0.3) is 0 Å². The molecule has 0 heterocycles. The van der Waals surface area contributed by atoms with Gasteiger partial charge < -0.3 is 0 Å². The van der Waals surface area contributed by atoms with Crippen molar-refractivity contribution in [3.8, 4) is 0 Å². The first-order valence-corrected chi connectivity index (χ1v) is 4.21. The lowest BCUT2D eigenvalue weighted by atomic mass is 9.74. The molecule has 0 heteroatoms. The predicted octanol–water partition coefficient (Wildman–Crippen LogP) is 3.28. The Balaban J connectivity index is 2.77. The Hall–Kier alpha value is 0. The lowest BCUT2D eigenvalue weighted by Gasteiger charge is -2.31. The third kappa shape index (κ3) is 1.09. The van der Waals surface area contributed by atoms with Crippen LogP contribution in [0.1, 0.15) is 41.0 Å². The highest BCUT2D eigenvalue weighted by molar-refractivity contribution is 5.04. The minimum Gasteiger partial charge on any atom is -0.0615 e. The van der Waals surface area contributed by atoms with E-state index in [9.17, 15) is 0 Å². The quantitative estimate of drug-likeness (QED) is 0.483. The number of rotatable bonds is 0. The van der Waals surface area contributed by atoms with Crippen LogP contribution in [0.15, 0.2) is 0 Å². The molecule has 59 valence electrons. The summed E-state index contributed by atoms with van der Waals surface area (Å²) in [6.45, 7) is 11.8. The van der Waals surface area contributed by atoms with Gasteiger partial charge in [0.15, 0.2) is 0 Å². The third-order valence-corrected chi connectivity index (χ3v) is 3.44. The fraction of sp³-hybridized carbons (Fsp3) is 0.900. The van der Waals surface area contributed by atoms with Gasteiger partial charge in [0.2, 0.25) is 0 Å². The maximum absolute atomic E-state index is 2.47. The summed E-state index contributed by atoms with van der Waals surface area (Å²) in [6, 6.07) is 0. The highest BCUT2D eigenvalue weighted by atomic mass is 14.5. The van der Waals surface area contributed by atoms with Crippen molar-refractivity contribution < 1.29 is 0 Å². The molecule has 0 spiro atoms. The van der Waals surface area contributed by atoms with Crippen molar-refractivity contribution >= 4 is 0 Å². The van der Waals surface area contributed by atoms with Gasteiger partial charge in [0.05, 0.1) is 0 Å². The molecule has 0 aliphatic heterocycles. The number of hydrogen-bond acceptors (Lipinski definition) is 0. The van der Waals surface area contributed by atoms with E-state index >= 15 is 0 Å². The average Bonchev–Trinajstić information content (AvgIpc) is 1.95. The van der Waals surface area contributed by atoms with Gasteiger partial charge in [0.1, 0.15) is 0 Å². The van der Waals surface area contributed by atoms with Crippen LogP contribution in [0.3, 0.4) is 0 Å². The molecule has 0 aromatic heterocycles. The molecule has 0 saturated heterocycles. The molecule has 1 atom stereocenters. The Kier molecular flexibility index (Phi) is 1.61. The van der Waals surface area contributed by atoms with Gasteiger partial charge in [-0.15, -0.1) is 0 Å². The van der Waals surface area contributed by atoms with Gasteiger partial charge in [0, 0.05) is 0 Å². The maximum Gasteiger partial charge on any atom is -0.0292 e. The van der Waals surface area contributed by atoms with Gasteiger partial charge in [-0.3, -0.25) is 0 Å². The highest BCUT2D eigenvalue weighted by Gasteiger charge is 2.43. The Morgan fingerprint density at radius 1 is 1.20 bits per heavy atom. The summed E-state index contributed by atoms with van der Waals surface area (Å²) in [5.41, 5.74) is 0.993. The Labute approximate surface area is 65.0 Å². The van der Waals surface area contributed by atoms with Crippen molar-refractivity contribution in [1.82, 2.24) is 0 Å². The van der Waals surface area contributed by atoms with E-state index in [1.165, 1.54) is 6.42 Å². The first-order chi connectivity index (χ1) is 4.36. The second kappa shape index (κ2) is 1.99. The molecule has 1 aliphatic carbocycles. The second-order valence-electron chi connectivity index (χ2n) is 4.94. The Morgan fingerprint density at radius 3 is 1.80 bits per heavy atom. The van der Waals surface area contributed by atoms with Gasteiger partial charge >= 0.3 is 0 Å². The minimum absolute atomic E-state index is 0.462. The molecule has 0 N–H and O–H groups in total. The molecule has 1 saturated carbocycles. The zero-order valence-electron chi connectivity index (χ0n) is 7.86. The highest BCUT2D eigenvalue weighted by Crippen LogP contribution is 2.52. The van der Waals surface area contributed by atoms with Crippen LogP contribution in [0, 0.1) is 23.2 Å². The van der Waals surface area contributed by atoms with E-state index in [4.69, 9.17) is 0 Å². The smallest absolute Gasteiger partial charge is 0.0292 e. The summed E-state index contributed by atoms with van der Waals surface area (Å²) in [7, 11) is 0. The molecule has 0 bridgehead atoms. The molecule has 0 amide bonds. The lowest BCUT2D eigenvalue weighted by molar-refractivity contribution is 0.187. The van der Waals surface area contributed by atoms with Gasteiger partial charge in [-0.2, -0.15) is 0 Å². The van der Waals surface area contributed by atoms with Gasteiger partial charge in [-0.25, -0.2) is 0 Å². The van der Waals surface area contributed by atoms with Crippen LogP contribution in [0.5, 0.6) is 0 Å². The molecule has 0 aromatic carbocycles. The first-order valence-electron chi connectivity index (χ1n) is 4.21. The number of hydrogen-bond donors (Lipinski definition) is 0. The van der Waals surface area contributed by atoms with Crippen LogP contribution in [0.2, 0.25) is 0 Å². The average molecular weight is 139 g/mol. The van der Waals surface area contributed by atoms with Crippen molar-refractivity contribution in [2.75, 3.05) is 0 Å². The lowest BCUT2D eigenvalue weighted by Crippen LogP contribution is -2.24. The SMILES string of the molecule is CC1C(C)(C)[CH]CC1(C)C. The van der Waals surface area contributed by atoms with Crippen LogP contribution in [0.4, 0.5) is 0 Å². The fourth-order valence-corrected chi connectivity index (χ4v) is 1.89. The summed E-state index contributed by atoms with van der Waals surface area (Å²) in [5.74, 6) is 0.819. The van der Waals surface area contributed by atoms with E-state index in [-0.39, 0.29) is 0 Å². The third-order valence-electron chi connectivity index (χ3n) is 3.44. The van der Waals surface area contributed by atoms with Gasteiger partial charge in [-0.05, 0) is 29.6 Å². The summed E-state index contributed by atoms with van der Waals surface area (Å²) >= 11 is 0. The molecule has 10 heavy (non-hydrogen) atoms. The van der Waals surface area contributed by atoms with E-state index in [0.29, 0.717) is 10.8 Å². The van der Waals surface area contributed by atoms with E-state index in [2.05, 4.69) is 41.0 Å². The van der Waals surface area contributed by atoms with Crippen molar-refractivity contribution in [2.24, 2.45) is 16.7 Å². The Morgan fingerprint density at radius 2 is 1.70 bits per heavy atom. The summed E-state index contributed by atoms with van der Waals surface area (Å²) in [6.07, 6.45) is 3.75. The fourth-order valence-electron chi connectivity index (χ4n) is 1.89. The van der Waals surface area contributed by atoms with Gasteiger partial charge in [0.25, 0.3) is 0 Å². The second-order valence-corrected chi connectivity index (χ2v) is 4.94. The van der Waals surface area contributed by atoms with Crippen molar-refractivity contribution in [1.29, 1.82) is 0 Å². The first kappa shape index (κ1) is 8.10. The Bertz CT molecular complexity index is 115. The van der Waals surface area contributed by atoms with Crippen LogP contribution >= 0.6 is 0 Å². The summed E-state index contributed by atoms with van der Waals surface area (Å²) in [4.78, 5) is 0. The zero-order valence-corrected chi connectivity index (χ0v) is 7.86. The van der Waals surface area contributed by atoms with Crippen molar-refractivity contribution in [3.63, 3.8) is 0 Å². The maximum atomic E-state index is 2.47. The van der Waals surface area contributed by atoms with Crippen LogP contribution in [-0.4, -0.2) is 0 Å². The molecule has 1 radical (unpaired) electrons. The standard InChI is InChI=1S/C10H19/c1-8-9(2,3)6-7-10(8,4)5/h6,8H,7H2,1-5H3. The van der Waals surface area contributed by atoms with E-state index in [0.717, 1.165) is 5.92 Å². The molecule has 1 aliphatic rings. The van der Waals surface area contributed by atoms with E-state index in [1.54, 1.807) is 0 Å².